The van der Waals surface area contributed by atoms with Gasteiger partial charge in [0.1, 0.15) is 0 Å². The maximum absolute atomic E-state index is 5.89. The predicted molar refractivity (Wildman–Crippen MR) is 88.4 cm³/mol. The summed E-state index contributed by atoms with van der Waals surface area (Å²) in [6.07, 6.45) is 9.56. The largest absolute Gasteiger partial charge is 0.370 e. The van der Waals surface area contributed by atoms with E-state index < -0.39 is 0 Å². The lowest BCUT2D eigenvalue weighted by atomic mass is 9.82. The number of rotatable bonds is 4. The highest BCUT2D eigenvalue weighted by Crippen LogP contribution is 2.28. The lowest BCUT2D eigenvalue weighted by Crippen LogP contribution is -2.37. The van der Waals surface area contributed by atoms with Gasteiger partial charge in [-0.25, -0.2) is 0 Å². The van der Waals surface area contributed by atoms with Gasteiger partial charge < -0.3 is 11.1 Å². The molecule has 18 heavy (non-hydrogen) atoms. The van der Waals surface area contributed by atoms with Crippen LogP contribution in [0.15, 0.2) is 4.99 Å². The van der Waals surface area contributed by atoms with E-state index in [0.717, 1.165) is 30.8 Å². The molecule has 2 fully saturated rings. The molecule has 2 saturated carbocycles. The fourth-order valence-electron chi connectivity index (χ4n) is 2.95. The first-order valence-corrected chi connectivity index (χ1v) is 7.28. The van der Waals surface area contributed by atoms with Gasteiger partial charge in [-0.2, -0.15) is 0 Å². The number of guanidine groups is 1. The maximum atomic E-state index is 5.89. The van der Waals surface area contributed by atoms with E-state index in [1.54, 1.807) is 0 Å². The minimum atomic E-state index is 0. The number of nitrogens with two attached hydrogens (primary N) is 1. The Balaban J connectivity index is 0.00000162. The Morgan fingerprint density at radius 1 is 1.17 bits per heavy atom. The molecule has 2 rings (SSSR count). The van der Waals surface area contributed by atoms with Crippen LogP contribution in [-0.4, -0.2) is 19.0 Å². The van der Waals surface area contributed by atoms with Gasteiger partial charge in [0.05, 0.1) is 0 Å². The summed E-state index contributed by atoms with van der Waals surface area (Å²) in [6, 6.07) is 0. The summed E-state index contributed by atoms with van der Waals surface area (Å²) in [4.78, 5) is 4.50. The first-order valence-electron chi connectivity index (χ1n) is 7.28. The van der Waals surface area contributed by atoms with Crippen LogP contribution in [0.1, 0.15) is 51.9 Å². The van der Waals surface area contributed by atoms with Gasteiger partial charge >= 0.3 is 0 Å². The summed E-state index contributed by atoms with van der Waals surface area (Å²) in [7, 11) is 0. The van der Waals surface area contributed by atoms with Crippen molar-refractivity contribution in [2.24, 2.45) is 28.5 Å². The van der Waals surface area contributed by atoms with E-state index in [0.29, 0.717) is 5.96 Å². The number of aliphatic imine (C=N–C) groups is 1. The molecule has 106 valence electrons. The van der Waals surface area contributed by atoms with Gasteiger partial charge in [-0.15, -0.1) is 24.0 Å². The van der Waals surface area contributed by atoms with Gasteiger partial charge in [0.2, 0.25) is 0 Å². The van der Waals surface area contributed by atoms with Crippen molar-refractivity contribution in [2.75, 3.05) is 13.1 Å². The van der Waals surface area contributed by atoms with Gasteiger partial charge in [-0.05, 0) is 43.4 Å². The first-order chi connectivity index (χ1) is 8.24. The second kappa shape index (κ2) is 8.23. The molecule has 3 N–H and O–H groups in total. The third-order valence-corrected chi connectivity index (χ3v) is 4.36. The molecule has 0 aliphatic heterocycles. The average molecular weight is 365 g/mol. The van der Waals surface area contributed by atoms with Crippen LogP contribution >= 0.6 is 24.0 Å². The summed E-state index contributed by atoms with van der Waals surface area (Å²) in [6.45, 7) is 4.30. The Kier molecular flexibility index (Phi) is 7.34. The molecule has 2 aliphatic carbocycles. The standard InChI is InChI=1S/C14H27N3.HI/c1-11-4-2-7-13(8-11)10-17-14(15)16-9-12-5-3-6-12;/h11-13H,2-10H2,1H3,(H3,15,16,17);1H. The summed E-state index contributed by atoms with van der Waals surface area (Å²) < 4.78 is 0. The molecular formula is C14H28IN3. The molecule has 2 atom stereocenters. The molecule has 0 saturated heterocycles. The van der Waals surface area contributed by atoms with Crippen LogP contribution in [0.4, 0.5) is 0 Å². The molecule has 0 spiro atoms. The number of halogens is 1. The summed E-state index contributed by atoms with van der Waals surface area (Å²) in [5, 5.41) is 3.26. The third kappa shape index (κ3) is 5.33. The number of nitrogens with one attached hydrogen (secondary N) is 1. The molecule has 0 heterocycles. The van der Waals surface area contributed by atoms with Crippen molar-refractivity contribution < 1.29 is 0 Å². The molecule has 0 bridgehead atoms. The number of nitrogens with zero attached hydrogens (tertiary/aromatic N) is 1. The number of hydrogen-bond donors (Lipinski definition) is 2. The molecule has 0 radical (unpaired) electrons. The van der Waals surface area contributed by atoms with Crippen LogP contribution < -0.4 is 11.1 Å². The second-order valence-electron chi connectivity index (χ2n) is 6.04. The second-order valence-corrected chi connectivity index (χ2v) is 6.04. The van der Waals surface area contributed by atoms with Crippen LogP contribution in [0.25, 0.3) is 0 Å². The first kappa shape index (κ1) is 16.1. The minimum absolute atomic E-state index is 0. The summed E-state index contributed by atoms with van der Waals surface area (Å²) in [5.41, 5.74) is 5.89. The maximum Gasteiger partial charge on any atom is 0.188 e. The van der Waals surface area contributed by atoms with E-state index in [1.165, 1.54) is 44.9 Å². The van der Waals surface area contributed by atoms with Crippen LogP contribution in [0, 0.1) is 17.8 Å². The molecule has 0 aromatic rings. The topological polar surface area (TPSA) is 50.4 Å². The van der Waals surface area contributed by atoms with Crippen molar-refractivity contribution in [3.05, 3.63) is 0 Å². The van der Waals surface area contributed by atoms with E-state index in [4.69, 9.17) is 5.73 Å². The zero-order chi connectivity index (χ0) is 12.1. The van der Waals surface area contributed by atoms with Crippen molar-refractivity contribution in [2.45, 2.75) is 51.9 Å². The predicted octanol–water partition coefficient (Wildman–Crippen LogP) is 3.14. The van der Waals surface area contributed by atoms with E-state index in [-0.39, 0.29) is 24.0 Å². The smallest absolute Gasteiger partial charge is 0.188 e. The lowest BCUT2D eigenvalue weighted by Gasteiger charge is -2.26. The average Bonchev–Trinajstić information content (AvgIpc) is 2.24. The van der Waals surface area contributed by atoms with Crippen molar-refractivity contribution in [3.63, 3.8) is 0 Å². The highest BCUT2D eigenvalue weighted by Gasteiger charge is 2.19. The fourth-order valence-corrected chi connectivity index (χ4v) is 2.95. The zero-order valence-corrected chi connectivity index (χ0v) is 13.9. The normalized spacial score (nSPS) is 29.3. The molecule has 0 aromatic heterocycles. The lowest BCUT2D eigenvalue weighted by molar-refractivity contribution is 0.288. The van der Waals surface area contributed by atoms with Crippen LogP contribution in [0.5, 0.6) is 0 Å². The highest BCUT2D eigenvalue weighted by atomic mass is 127. The molecule has 2 unspecified atom stereocenters. The Labute approximate surface area is 128 Å². The van der Waals surface area contributed by atoms with E-state index in [9.17, 15) is 0 Å². The van der Waals surface area contributed by atoms with Crippen molar-refractivity contribution in [1.82, 2.24) is 5.32 Å². The molecular weight excluding hydrogens is 337 g/mol. The van der Waals surface area contributed by atoms with Crippen molar-refractivity contribution in [1.29, 1.82) is 0 Å². The van der Waals surface area contributed by atoms with Gasteiger partial charge in [0, 0.05) is 13.1 Å². The van der Waals surface area contributed by atoms with E-state index in [1.807, 2.05) is 0 Å². The van der Waals surface area contributed by atoms with E-state index >= 15 is 0 Å². The Morgan fingerprint density at radius 3 is 2.44 bits per heavy atom. The van der Waals surface area contributed by atoms with Crippen molar-refractivity contribution in [3.8, 4) is 0 Å². The van der Waals surface area contributed by atoms with Gasteiger partial charge in [-0.1, -0.05) is 26.2 Å². The Morgan fingerprint density at radius 2 is 1.83 bits per heavy atom. The molecule has 3 nitrogen and oxygen atoms in total. The molecule has 4 heteroatoms. The number of hydrogen-bond acceptors (Lipinski definition) is 1. The van der Waals surface area contributed by atoms with Gasteiger partial charge in [0.15, 0.2) is 5.96 Å². The molecule has 2 aliphatic rings. The van der Waals surface area contributed by atoms with Crippen molar-refractivity contribution >= 4 is 29.9 Å². The minimum Gasteiger partial charge on any atom is -0.370 e. The summed E-state index contributed by atoms with van der Waals surface area (Å²) >= 11 is 0. The van der Waals surface area contributed by atoms with Gasteiger partial charge in [0.25, 0.3) is 0 Å². The van der Waals surface area contributed by atoms with Crippen LogP contribution in [-0.2, 0) is 0 Å². The van der Waals surface area contributed by atoms with Crippen LogP contribution in [0.2, 0.25) is 0 Å². The van der Waals surface area contributed by atoms with E-state index in [2.05, 4.69) is 17.2 Å². The SMILES string of the molecule is CC1CCCC(CN=C(N)NCC2CCC2)C1.I. The quantitative estimate of drug-likeness (QED) is 0.457. The fraction of sp³-hybridized carbons (Fsp3) is 0.929. The zero-order valence-electron chi connectivity index (χ0n) is 11.5. The Bertz CT molecular complexity index is 264. The highest BCUT2D eigenvalue weighted by molar-refractivity contribution is 14.0. The molecule has 0 amide bonds. The van der Waals surface area contributed by atoms with Crippen LogP contribution in [0.3, 0.4) is 0 Å². The monoisotopic (exact) mass is 365 g/mol. The third-order valence-electron chi connectivity index (χ3n) is 4.36. The van der Waals surface area contributed by atoms with Gasteiger partial charge in [-0.3, -0.25) is 4.99 Å². The summed E-state index contributed by atoms with van der Waals surface area (Å²) in [5.74, 6) is 3.16. The Hall–Kier alpha value is 0. The molecule has 0 aromatic carbocycles.